The quantitative estimate of drug-likeness (QED) is 0.811. The molecule has 0 radical (unpaired) electrons. The first-order chi connectivity index (χ1) is 11.1. The molecule has 1 aliphatic rings. The van der Waals surface area contributed by atoms with Crippen LogP contribution in [0.3, 0.4) is 0 Å². The van der Waals surface area contributed by atoms with Crippen LogP contribution in [0.1, 0.15) is 37.8 Å². The van der Waals surface area contributed by atoms with Gasteiger partial charge in [0.2, 0.25) is 5.91 Å². The van der Waals surface area contributed by atoms with Gasteiger partial charge in [0, 0.05) is 39.1 Å². The third kappa shape index (κ3) is 5.96. The predicted molar refractivity (Wildman–Crippen MR) is 95.1 cm³/mol. The lowest BCUT2D eigenvalue weighted by molar-refractivity contribution is -0.121. The van der Waals surface area contributed by atoms with Gasteiger partial charge in [0.1, 0.15) is 0 Å². The maximum Gasteiger partial charge on any atom is 0.221 e. The molecule has 0 aliphatic carbocycles. The van der Waals surface area contributed by atoms with E-state index in [9.17, 15) is 4.79 Å². The van der Waals surface area contributed by atoms with Crippen molar-refractivity contribution in [2.75, 3.05) is 26.7 Å². The maximum absolute atomic E-state index is 11.8. The number of benzene rings is 1. The van der Waals surface area contributed by atoms with Crippen LogP contribution in [0.4, 0.5) is 0 Å². The normalized spacial score (nSPS) is 22.0. The molecule has 2 N–H and O–H groups in total. The molecule has 1 saturated heterocycles. The average Bonchev–Trinajstić information content (AvgIpc) is 2.51. The lowest BCUT2D eigenvalue weighted by atomic mass is 9.91. The van der Waals surface area contributed by atoms with E-state index in [1.165, 1.54) is 30.6 Å². The van der Waals surface area contributed by atoms with Gasteiger partial charge in [0.05, 0.1) is 0 Å². The van der Waals surface area contributed by atoms with Crippen LogP contribution in [0.15, 0.2) is 24.3 Å². The summed E-state index contributed by atoms with van der Waals surface area (Å²) in [5, 5.41) is 6.03. The Morgan fingerprint density at radius 2 is 1.83 bits per heavy atom. The minimum atomic E-state index is 0.106. The van der Waals surface area contributed by atoms with Crippen LogP contribution in [0.2, 0.25) is 0 Å². The molecule has 1 aliphatic heterocycles. The molecule has 0 bridgehead atoms. The van der Waals surface area contributed by atoms with Crippen molar-refractivity contribution in [3.05, 3.63) is 35.4 Å². The molecule has 0 spiro atoms. The van der Waals surface area contributed by atoms with Crippen molar-refractivity contribution in [1.29, 1.82) is 0 Å². The van der Waals surface area contributed by atoms with E-state index in [-0.39, 0.29) is 5.91 Å². The van der Waals surface area contributed by atoms with Crippen molar-refractivity contribution in [2.45, 2.75) is 39.8 Å². The van der Waals surface area contributed by atoms with Gasteiger partial charge in [0.25, 0.3) is 0 Å². The molecule has 1 aromatic rings. The second-order valence-corrected chi connectivity index (χ2v) is 7.04. The molecule has 2 rings (SSSR count). The summed E-state index contributed by atoms with van der Waals surface area (Å²) in [4.78, 5) is 14.4. The molecule has 128 valence electrons. The third-order valence-corrected chi connectivity index (χ3v) is 4.53. The first-order valence-electron chi connectivity index (χ1n) is 8.79. The highest BCUT2D eigenvalue weighted by atomic mass is 16.1. The van der Waals surface area contributed by atoms with E-state index < -0.39 is 0 Å². The molecule has 0 aromatic heterocycles. The maximum atomic E-state index is 11.8. The first-order valence-corrected chi connectivity index (χ1v) is 8.79. The molecule has 1 amide bonds. The van der Waals surface area contributed by atoms with Gasteiger partial charge in [0.15, 0.2) is 0 Å². The van der Waals surface area contributed by atoms with E-state index in [1.54, 1.807) is 0 Å². The Balaban J connectivity index is 1.93. The van der Waals surface area contributed by atoms with E-state index in [0.29, 0.717) is 13.0 Å². The monoisotopic (exact) mass is 317 g/mol. The minimum Gasteiger partial charge on any atom is -0.352 e. The van der Waals surface area contributed by atoms with Crippen LogP contribution < -0.4 is 10.6 Å². The standard InChI is InChI=1S/C19H31N3O/c1-15-10-16(2)13-22(12-15)14-18-7-5-4-6-17(18)11-21-19(23)8-9-20-3/h4-7,15-16,20H,8-14H2,1-3H3,(H,21,23). The molecular weight excluding hydrogens is 286 g/mol. The fourth-order valence-electron chi connectivity index (χ4n) is 3.57. The summed E-state index contributed by atoms with van der Waals surface area (Å²) >= 11 is 0. The third-order valence-electron chi connectivity index (χ3n) is 4.53. The Morgan fingerprint density at radius 3 is 2.48 bits per heavy atom. The molecule has 2 unspecified atom stereocenters. The highest BCUT2D eigenvalue weighted by molar-refractivity contribution is 5.76. The zero-order valence-electron chi connectivity index (χ0n) is 14.8. The molecule has 23 heavy (non-hydrogen) atoms. The number of nitrogens with one attached hydrogen (secondary N) is 2. The lowest BCUT2D eigenvalue weighted by Crippen LogP contribution is -2.38. The smallest absolute Gasteiger partial charge is 0.221 e. The van der Waals surface area contributed by atoms with Gasteiger partial charge in [-0.05, 0) is 36.4 Å². The Kier molecular flexibility index (Phi) is 7.06. The SMILES string of the molecule is CNCCC(=O)NCc1ccccc1CN1CC(C)CC(C)C1. The number of hydrogen-bond donors (Lipinski definition) is 2. The number of hydrogen-bond acceptors (Lipinski definition) is 3. The molecule has 1 heterocycles. The minimum absolute atomic E-state index is 0.106. The summed E-state index contributed by atoms with van der Waals surface area (Å²) in [6, 6.07) is 8.47. The lowest BCUT2D eigenvalue weighted by Gasteiger charge is -2.35. The van der Waals surface area contributed by atoms with E-state index >= 15 is 0 Å². The molecule has 4 nitrogen and oxygen atoms in total. The number of carbonyl (C=O) groups is 1. The highest BCUT2D eigenvalue weighted by Crippen LogP contribution is 2.23. The second-order valence-electron chi connectivity index (χ2n) is 7.04. The molecule has 1 fully saturated rings. The van der Waals surface area contributed by atoms with E-state index in [4.69, 9.17) is 0 Å². The Hall–Kier alpha value is -1.39. The number of nitrogens with zero attached hydrogens (tertiary/aromatic N) is 1. The summed E-state index contributed by atoms with van der Waals surface area (Å²) in [6.07, 6.45) is 1.86. The van der Waals surface area contributed by atoms with Crippen LogP contribution >= 0.6 is 0 Å². The predicted octanol–water partition coefficient (Wildman–Crippen LogP) is 2.39. The van der Waals surface area contributed by atoms with Crippen molar-refractivity contribution in [2.24, 2.45) is 11.8 Å². The van der Waals surface area contributed by atoms with Crippen LogP contribution in [0.5, 0.6) is 0 Å². The highest BCUT2D eigenvalue weighted by Gasteiger charge is 2.22. The van der Waals surface area contributed by atoms with Crippen molar-refractivity contribution in [3.63, 3.8) is 0 Å². The number of rotatable bonds is 7. The van der Waals surface area contributed by atoms with Crippen LogP contribution in [0.25, 0.3) is 0 Å². The van der Waals surface area contributed by atoms with Crippen molar-refractivity contribution >= 4 is 5.91 Å². The summed E-state index contributed by atoms with van der Waals surface area (Å²) in [7, 11) is 1.86. The fourth-order valence-corrected chi connectivity index (χ4v) is 3.57. The Morgan fingerprint density at radius 1 is 1.17 bits per heavy atom. The van der Waals surface area contributed by atoms with Crippen molar-refractivity contribution in [3.8, 4) is 0 Å². The van der Waals surface area contributed by atoms with E-state index in [1.807, 2.05) is 7.05 Å². The van der Waals surface area contributed by atoms with Crippen molar-refractivity contribution in [1.82, 2.24) is 15.5 Å². The van der Waals surface area contributed by atoms with Gasteiger partial charge in [-0.25, -0.2) is 0 Å². The average molecular weight is 317 g/mol. The molecular formula is C19H31N3O. The van der Waals surface area contributed by atoms with Gasteiger partial charge >= 0.3 is 0 Å². The number of amides is 1. The number of carbonyl (C=O) groups excluding carboxylic acids is 1. The molecule has 1 aromatic carbocycles. The fraction of sp³-hybridized carbons (Fsp3) is 0.632. The van der Waals surface area contributed by atoms with Gasteiger partial charge in [-0.1, -0.05) is 38.1 Å². The van der Waals surface area contributed by atoms with Crippen LogP contribution in [0, 0.1) is 11.8 Å². The van der Waals surface area contributed by atoms with Gasteiger partial charge in [-0.3, -0.25) is 9.69 Å². The zero-order chi connectivity index (χ0) is 16.7. The topological polar surface area (TPSA) is 44.4 Å². The van der Waals surface area contributed by atoms with Crippen LogP contribution in [-0.2, 0) is 17.9 Å². The van der Waals surface area contributed by atoms with Gasteiger partial charge < -0.3 is 10.6 Å². The van der Waals surface area contributed by atoms with Crippen LogP contribution in [-0.4, -0.2) is 37.5 Å². The largest absolute Gasteiger partial charge is 0.352 e. The summed E-state index contributed by atoms with van der Waals surface area (Å²) < 4.78 is 0. The summed E-state index contributed by atoms with van der Waals surface area (Å²) in [5.74, 6) is 1.65. The summed E-state index contributed by atoms with van der Waals surface area (Å²) in [5.41, 5.74) is 2.57. The van der Waals surface area contributed by atoms with E-state index in [2.05, 4.69) is 53.6 Å². The first kappa shape index (κ1) is 18.0. The van der Waals surface area contributed by atoms with Crippen molar-refractivity contribution < 1.29 is 4.79 Å². The molecule has 0 saturated carbocycles. The summed E-state index contributed by atoms with van der Waals surface area (Å²) in [6.45, 7) is 9.36. The molecule has 4 heteroatoms. The number of likely N-dealkylation sites (tertiary alicyclic amines) is 1. The zero-order valence-corrected chi connectivity index (χ0v) is 14.8. The second kappa shape index (κ2) is 9.04. The Bertz CT molecular complexity index is 493. The Labute approximate surface area is 140 Å². The number of piperidine rings is 1. The van der Waals surface area contributed by atoms with E-state index in [0.717, 1.165) is 24.9 Å². The van der Waals surface area contributed by atoms with Gasteiger partial charge in [-0.2, -0.15) is 0 Å². The van der Waals surface area contributed by atoms with Gasteiger partial charge in [-0.15, -0.1) is 0 Å². The molecule has 2 atom stereocenters.